The van der Waals surface area contributed by atoms with E-state index in [0.29, 0.717) is 45.8 Å². The predicted octanol–water partition coefficient (Wildman–Crippen LogP) is 5.00. The minimum Gasteiger partial charge on any atom is -0.496 e. The number of carbonyl (C=O) groups is 2. The summed E-state index contributed by atoms with van der Waals surface area (Å²) in [6.45, 7) is 2.17. The Bertz CT molecular complexity index is 1750. The molecule has 0 fully saturated rings. The zero-order valence-corrected chi connectivity index (χ0v) is 21.9. The molecule has 1 atom stereocenters. The van der Waals surface area contributed by atoms with Crippen molar-refractivity contribution in [1.82, 2.24) is 25.5 Å². The summed E-state index contributed by atoms with van der Waals surface area (Å²) < 4.78 is 5.69. The van der Waals surface area contributed by atoms with E-state index >= 15 is 0 Å². The maximum atomic E-state index is 12.9. The van der Waals surface area contributed by atoms with Crippen molar-refractivity contribution < 1.29 is 19.4 Å². The molecule has 200 valence electrons. The van der Waals surface area contributed by atoms with Crippen LogP contribution in [-0.2, 0) is 6.54 Å². The molecule has 0 spiro atoms. The van der Waals surface area contributed by atoms with E-state index in [-0.39, 0.29) is 23.9 Å². The number of rotatable bonds is 9. The number of H-pyrrole nitrogens is 2. The van der Waals surface area contributed by atoms with E-state index in [0.717, 1.165) is 16.5 Å². The third-order valence-corrected chi connectivity index (χ3v) is 6.93. The fraction of sp³-hybridized carbons (Fsp3) is 0.167. The second kappa shape index (κ2) is 11.1. The van der Waals surface area contributed by atoms with Gasteiger partial charge in [0.05, 0.1) is 30.9 Å². The van der Waals surface area contributed by atoms with Gasteiger partial charge in [0.2, 0.25) is 0 Å². The maximum absolute atomic E-state index is 12.9. The van der Waals surface area contributed by atoms with Crippen LogP contribution in [0.1, 0.15) is 62.5 Å². The molecule has 5 aromatic rings. The predicted molar refractivity (Wildman–Crippen MR) is 148 cm³/mol. The number of carboxylic acids is 1. The summed E-state index contributed by atoms with van der Waals surface area (Å²) in [4.78, 5) is 33.0. The van der Waals surface area contributed by atoms with Gasteiger partial charge in [-0.3, -0.25) is 9.89 Å². The highest BCUT2D eigenvalue weighted by Crippen LogP contribution is 2.43. The molecule has 0 aliphatic rings. The second-order valence-corrected chi connectivity index (χ2v) is 9.18. The molecule has 40 heavy (non-hydrogen) atoms. The number of aromatic carboxylic acids is 1. The third kappa shape index (κ3) is 4.88. The van der Waals surface area contributed by atoms with Crippen LogP contribution < -0.4 is 10.1 Å². The van der Waals surface area contributed by atoms with Crippen molar-refractivity contribution in [1.29, 1.82) is 5.26 Å². The molecular weight excluding hydrogens is 508 g/mol. The lowest BCUT2D eigenvalue weighted by molar-refractivity contribution is 0.0695. The Balaban J connectivity index is 1.60. The first-order valence-corrected chi connectivity index (χ1v) is 12.6. The van der Waals surface area contributed by atoms with E-state index in [4.69, 9.17) is 4.74 Å². The smallest absolute Gasteiger partial charge is 0.336 e. The van der Waals surface area contributed by atoms with Gasteiger partial charge in [-0.25, -0.2) is 9.78 Å². The molecule has 2 heterocycles. The van der Waals surface area contributed by atoms with E-state index < -0.39 is 5.97 Å². The normalized spacial score (nSPS) is 11.6. The number of amides is 1. The number of aromatic nitrogens is 4. The molecule has 3 aromatic carbocycles. The largest absolute Gasteiger partial charge is 0.496 e. The first-order valence-electron chi connectivity index (χ1n) is 12.6. The Kier molecular flexibility index (Phi) is 7.29. The molecule has 0 radical (unpaired) electrons. The Hall–Kier alpha value is -5.43. The van der Waals surface area contributed by atoms with E-state index in [9.17, 15) is 20.0 Å². The minimum absolute atomic E-state index is 0.105. The van der Waals surface area contributed by atoms with Crippen molar-refractivity contribution in [3.05, 3.63) is 101 Å². The molecule has 0 aliphatic heterocycles. The van der Waals surface area contributed by atoms with Crippen LogP contribution in [0.2, 0.25) is 0 Å². The Morgan fingerprint density at radius 2 is 2.02 bits per heavy atom. The van der Waals surface area contributed by atoms with E-state index in [1.807, 2.05) is 19.2 Å². The summed E-state index contributed by atoms with van der Waals surface area (Å²) in [7, 11) is 1.52. The highest BCUT2D eigenvalue weighted by molar-refractivity contribution is 6.01. The molecule has 10 heteroatoms. The SMILES string of the molecule is CCC(c1c(OC)ccc(-c2cccc(C(=O)NCc3ncn[nH]3)c2)c1C(=O)O)c1c[nH]c2cc(C#N)ccc12. The van der Waals surface area contributed by atoms with Gasteiger partial charge in [-0.05, 0) is 59.5 Å². The number of hydrogen-bond donors (Lipinski definition) is 4. The first-order chi connectivity index (χ1) is 19.4. The number of hydrogen-bond acceptors (Lipinski definition) is 6. The van der Waals surface area contributed by atoms with Crippen LogP contribution in [0.25, 0.3) is 22.0 Å². The van der Waals surface area contributed by atoms with Crippen LogP contribution in [0.3, 0.4) is 0 Å². The number of nitrogens with zero attached hydrogens (tertiary/aromatic N) is 3. The zero-order valence-electron chi connectivity index (χ0n) is 21.9. The molecular formula is C30H26N6O4. The number of methoxy groups -OCH3 is 1. The fourth-order valence-electron chi connectivity index (χ4n) is 5.09. The number of ether oxygens (including phenoxy) is 1. The summed E-state index contributed by atoms with van der Waals surface area (Å²) in [5.74, 6) is -0.780. The standard InChI is InChI=1S/C30H26N6O4/c1-3-20(23-14-32-24-11-17(13-31)7-8-22(23)24)27-25(40-2)10-9-21(28(27)30(38)39)18-5-4-6-19(12-18)29(37)33-15-26-34-16-35-36-26/h4-12,14,16,20,32H,3,15H2,1-2H3,(H,33,37)(H,38,39)(H,34,35,36). The summed E-state index contributed by atoms with van der Waals surface area (Å²) >= 11 is 0. The van der Waals surface area contributed by atoms with Crippen molar-refractivity contribution in [2.45, 2.75) is 25.8 Å². The number of nitrogens with one attached hydrogen (secondary N) is 3. The number of benzene rings is 3. The van der Waals surface area contributed by atoms with Crippen molar-refractivity contribution in [3.63, 3.8) is 0 Å². The van der Waals surface area contributed by atoms with Gasteiger partial charge in [0, 0.05) is 34.1 Å². The summed E-state index contributed by atoms with van der Waals surface area (Å²) in [5, 5.41) is 30.0. The molecule has 5 rings (SSSR count). The van der Waals surface area contributed by atoms with Crippen LogP contribution in [0.5, 0.6) is 5.75 Å². The molecule has 0 saturated heterocycles. The summed E-state index contributed by atoms with van der Waals surface area (Å²) in [5.41, 5.74) is 4.31. The third-order valence-electron chi connectivity index (χ3n) is 6.93. The monoisotopic (exact) mass is 534 g/mol. The highest BCUT2D eigenvalue weighted by atomic mass is 16.5. The molecule has 0 saturated carbocycles. The number of nitriles is 1. The van der Waals surface area contributed by atoms with Gasteiger partial charge in [0.15, 0.2) is 0 Å². The zero-order chi connectivity index (χ0) is 28.2. The number of carboxylic acid groups (broad SMARTS) is 1. The van der Waals surface area contributed by atoms with Crippen LogP contribution in [0.15, 0.2) is 67.1 Å². The van der Waals surface area contributed by atoms with Crippen LogP contribution >= 0.6 is 0 Å². The average Bonchev–Trinajstić information content (AvgIpc) is 3.66. The number of fused-ring (bicyclic) bond motifs is 1. The van der Waals surface area contributed by atoms with Crippen LogP contribution in [0.4, 0.5) is 0 Å². The highest BCUT2D eigenvalue weighted by Gasteiger charge is 2.29. The fourth-order valence-corrected chi connectivity index (χ4v) is 5.09. The Morgan fingerprint density at radius 1 is 1.18 bits per heavy atom. The number of carbonyl (C=O) groups excluding carboxylic acids is 1. The lowest BCUT2D eigenvalue weighted by Crippen LogP contribution is -2.23. The molecule has 10 nitrogen and oxygen atoms in total. The van der Waals surface area contributed by atoms with Gasteiger partial charge in [0.25, 0.3) is 5.91 Å². The summed E-state index contributed by atoms with van der Waals surface area (Å²) in [6, 6.07) is 17.8. The van der Waals surface area contributed by atoms with Crippen molar-refractivity contribution >= 4 is 22.8 Å². The quantitative estimate of drug-likeness (QED) is 0.207. The Labute approximate surface area is 229 Å². The van der Waals surface area contributed by atoms with Gasteiger partial charge in [-0.15, -0.1) is 0 Å². The van der Waals surface area contributed by atoms with Crippen molar-refractivity contribution in [2.24, 2.45) is 0 Å². The number of aromatic amines is 2. The van der Waals surface area contributed by atoms with E-state index in [2.05, 4.69) is 31.6 Å². The van der Waals surface area contributed by atoms with Gasteiger partial charge < -0.3 is 20.1 Å². The van der Waals surface area contributed by atoms with Crippen molar-refractivity contribution in [2.75, 3.05) is 7.11 Å². The van der Waals surface area contributed by atoms with Gasteiger partial charge in [-0.2, -0.15) is 10.4 Å². The summed E-state index contributed by atoms with van der Waals surface area (Å²) in [6.07, 6.45) is 3.81. The second-order valence-electron chi connectivity index (χ2n) is 9.18. The van der Waals surface area contributed by atoms with Crippen molar-refractivity contribution in [3.8, 4) is 22.9 Å². The Morgan fingerprint density at radius 3 is 2.73 bits per heavy atom. The first kappa shape index (κ1) is 26.2. The van der Waals surface area contributed by atoms with Gasteiger partial charge in [0.1, 0.15) is 17.9 Å². The van der Waals surface area contributed by atoms with E-state index in [1.165, 1.54) is 13.4 Å². The average molecular weight is 535 g/mol. The topological polar surface area (TPSA) is 157 Å². The lowest BCUT2D eigenvalue weighted by atomic mass is 9.82. The maximum Gasteiger partial charge on any atom is 0.336 e. The molecule has 2 aromatic heterocycles. The lowest BCUT2D eigenvalue weighted by Gasteiger charge is -2.23. The molecule has 1 amide bonds. The van der Waals surface area contributed by atoms with Crippen LogP contribution in [-0.4, -0.2) is 44.3 Å². The molecule has 1 unspecified atom stereocenters. The van der Waals surface area contributed by atoms with Gasteiger partial charge >= 0.3 is 5.97 Å². The van der Waals surface area contributed by atoms with Gasteiger partial charge in [-0.1, -0.05) is 25.1 Å². The minimum atomic E-state index is -1.10. The van der Waals surface area contributed by atoms with Crippen LogP contribution in [0, 0.1) is 11.3 Å². The van der Waals surface area contributed by atoms with E-state index in [1.54, 1.807) is 48.5 Å². The molecule has 4 N–H and O–H groups in total. The molecule has 0 aliphatic carbocycles. The molecule has 0 bridgehead atoms.